The van der Waals surface area contributed by atoms with Gasteiger partial charge in [-0.1, -0.05) is 27.2 Å². The summed E-state index contributed by atoms with van der Waals surface area (Å²) in [5.74, 6) is 0.779. The lowest BCUT2D eigenvalue weighted by Crippen LogP contribution is -2.06. The second-order valence-electron chi connectivity index (χ2n) is 3.15. The second kappa shape index (κ2) is 5.72. The Balaban J connectivity index is 3.17. The van der Waals surface area contributed by atoms with Gasteiger partial charge < -0.3 is 5.11 Å². The quantitative estimate of drug-likeness (QED) is 0.628. The van der Waals surface area contributed by atoms with Gasteiger partial charge >= 0.3 is 0 Å². The highest BCUT2D eigenvalue weighted by molar-refractivity contribution is 4.56. The van der Waals surface area contributed by atoms with E-state index in [-0.39, 0.29) is 6.10 Å². The molecule has 0 saturated heterocycles. The Morgan fingerprint density at radius 2 is 1.70 bits per heavy atom. The van der Waals surface area contributed by atoms with Gasteiger partial charge in [-0.2, -0.15) is 0 Å². The van der Waals surface area contributed by atoms with Crippen LogP contribution in [0.15, 0.2) is 0 Å². The topological polar surface area (TPSA) is 20.2 Å². The zero-order valence-corrected chi connectivity index (χ0v) is 7.43. The van der Waals surface area contributed by atoms with Crippen molar-refractivity contribution in [2.45, 2.75) is 52.6 Å². The predicted molar refractivity (Wildman–Crippen MR) is 45.0 cm³/mol. The molecule has 2 atom stereocenters. The van der Waals surface area contributed by atoms with Crippen molar-refractivity contribution < 1.29 is 5.11 Å². The number of hydrogen-bond donors (Lipinski definition) is 1. The maximum atomic E-state index is 9.20. The SMILES string of the molecule is CC[C@H](C)CC[C@@H](O)CC. The number of aliphatic hydroxyl groups is 1. The largest absolute Gasteiger partial charge is 0.393 e. The monoisotopic (exact) mass is 144 g/mol. The van der Waals surface area contributed by atoms with Gasteiger partial charge in [0.25, 0.3) is 0 Å². The normalized spacial score (nSPS) is 16.8. The number of hydrogen-bond acceptors (Lipinski definition) is 1. The average Bonchev–Trinajstić information content (AvgIpc) is 1.99. The molecule has 0 aromatic carbocycles. The van der Waals surface area contributed by atoms with Gasteiger partial charge in [0.1, 0.15) is 0 Å². The van der Waals surface area contributed by atoms with Crippen molar-refractivity contribution in [3.05, 3.63) is 0 Å². The highest BCUT2D eigenvalue weighted by Gasteiger charge is 2.03. The third-order valence-electron chi connectivity index (χ3n) is 2.16. The first-order valence-corrected chi connectivity index (χ1v) is 4.38. The van der Waals surface area contributed by atoms with E-state index in [1.54, 1.807) is 0 Å². The molecule has 0 radical (unpaired) electrons. The molecule has 0 aromatic heterocycles. The van der Waals surface area contributed by atoms with E-state index in [0.717, 1.165) is 18.8 Å². The van der Waals surface area contributed by atoms with Gasteiger partial charge in [0.2, 0.25) is 0 Å². The van der Waals surface area contributed by atoms with Gasteiger partial charge in [-0.25, -0.2) is 0 Å². The van der Waals surface area contributed by atoms with Crippen LogP contribution in [0.2, 0.25) is 0 Å². The zero-order valence-electron chi connectivity index (χ0n) is 7.43. The van der Waals surface area contributed by atoms with Crippen LogP contribution in [0.4, 0.5) is 0 Å². The molecule has 0 aliphatic heterocycles. The molecule has 1 N–H and O–H groups in total. The first kappa shape index (κ1) is 9.96. The third kappa shape index (κ3) is 4.80. The van der Waals surface area contributed by atoms with Crippen molar-refractivity contribution in [1.82, 2.24) is 0 Å². The Hall–Kier alpha value is -0.0400. The highest BCUT2D eigenvalue weighted by atomic mass is 16.3. The Bertz CT molecular complexity index is 61.1. The fourth-order valence-electron chi connectivity index (χ4n) is 0.885. The summed E-state index contributed by atoms with van der Waals surface area (Å²) in [6, 6.07) is 0. The third-order valence-corrected chi connectivity index (χ3v) is 2.16. The van der Waals surface area contributed by atoms with Gasteiger partial charge in [-0.15, -0.1) is 0 Å². The molecule has 0 aliphatic carbocycles. The van der Waals surface area contributed by atoms with Crippen LogP contribution in [0, 0.1) is 5.92 Å². The van der Waals surface area contributed by atoms with Crippen molar-refractivity contribution in [2.24, 2.45) is 5.92 Å². The van der Waals surface area contributed by atoms with Gasteiger partial charge in [0.15, 0.2) is 0 Å². The number of aliphatic hydroxyl groups excluding tert-OH is 1. The Kier molecular flexibility index (Phi) is 5.70. The van der Waals surface area contributed by atoms with Crippen molar-refractivity contribution in [2.75, 3.05) is 0 Å². The molecule has 0 aromatic rings. The lowest BCUT2D eigenvalue weighted by Gasteiger charge is -2.10. The molecule has 0 heterocycles. The molecule has 1 nitrogen and oxygen atoms in total. The lowest BCUT2D eigenvalue weighted by molar-refractivity contribution is 0.151. The van der Waals surface area contributed by atoms with E-state index in [0.29, 0.717) is 0 Å². The lowest BCUT2D eigenvalue weighted by atomic mass is 10.00. The van der Waals surface area contributed by atoms with Crippen molar-refractivity contribution in [3.63, 3.8) is 0 Å². The molecule has 0 saturated carbocycles. The van der Waals surface area contributed by atoms with E-state index >= 15 is 0 Å². The average molecular weight is 144 g/mol. The molecule has 10 heavy (non-hydrogen) atoms. The molecule has 0 bridgehead atoms. The summed E-state index contributed by atoms with van der Waals surface area (Å²) in [6.45, 7) is 6.46. The fourth-order valence-corrected chi connectivity index (χ4v) is 0.885. The molecule has 0 unspecified atom stereocenters. The molecular formula is C9H20O. The fraction of sp³-hybridized carbons (Fsp3) is 1.00. The zero-order chi connectivity index (χ0) is 7.98. The van der Waals surface area contributed by atoms with Crippen molar-refractivity contribution in [3.8, 4) is 0 Å². The summed E-state index contributed by atoms with van der Waals surface area (Å²) in [7, 11) is 0. The van der Waals surface area contributed by atoms with Crippen molar-refractivity contribution >= 4 is 0 Å². The standard InChI is InChI=1S/C9H20O/c1-4-8(3)6-7-9(10)5-2/h8-10H,4-7H2,1-3H3/t8-,9-/m0/s1. The van der Waals surface area contributed by atoms with E-state index in [1.165, 1.54) is 12.8 Å². The summed E-state index contributed by atoms with van der Waals surface area (Å²) in [6.07, 6.45) is 4.22. The molecule has 0 amide bonds. The maximum absolute atomic E-state index is 9.20. The van der Waals surface area contributed by atoms with Crippen molar-refractivity contribution in [1.29, 1.82) is 0 Å². The minimum absolute atomic E-state index is 0.0611. The van der Waals surface area contributed by atoms with Crippen LogP contribution in [0.3, 0.4) is 0 Å². The molecule has 0 fully saturated rings. The summed E-state index contributed by atoms with van der Waals surface area (Å²) in [5, 5.41) is 9.20. The van der Waals surface area contributed by atoms with Gasteiger partial charge in [0, 0.05) is 0 Å². The molecule has 1 heteroatoms. The Morgan fingerprint density at radius 1 is 1.10 bits per heavy atom. The summed E-state index contributed by atoms with van der Waals surface area (Å²) in [4.78, 5) is 0. The molecule has 0 spiro atoms. The summed E-state index contributed by atoms with van der Waals surface area (Å²) < 4.78 is 0. The van der Waals surface area contributed by atoms with Crippen LogP contribution >= 0.6 is 0 Å². The minimum Gasteiger partial charge on any atom is -0.393 e. The minimum atomic E-state index is -0.0611. The van der Waals surface area contributed by atoms with Crippen LogP contribution < -0.4 is 0 Å². The van der Waals surface area contributed by atoms with E-state index in [4.69, 9.17) is 0 Å². The van der Waals surface area contributed by atoms with E-state index in [2.05, 4.69) is 13.8 Å². The van der Waals surface area contributed by atoms with Crippen LogP contribution in [0.5, 0.6) is 0 Å². The molecule has 62 valence electrons. The Labute approximate surface area is 64.5 Å². The first-order chi connectivity index (χ1) is 4.70. The van der Waals surface area contributed by atoms with E-state index in [9.17, 15) is 5.11 Å². The first-order valence-electron chi connectivity index (χ1n) is 4.38. The molecule has 0 rings (SSSR count). The van der Waals surface area contributed by atoms with E-state index < -0.39 is 0 Å². The smallest absolute Gasteiger partial charge is 0.0537 e. The highest BCUT2D eigenvalue weighted by Crippen LogP contribution is 2.12. The van der Waals surface area contributed by atoms with Crippen LogP contribution in [0.1, 0.15) is 46.5 Å². The van der Waals surface area contributed by atoms with Gasteiger partial charge in [-0.05, 0) is 25.2 Å². The summed E-state index contributed by atoms with van der Waals surface area (Å²) in [5.41, 5.74) is 0. The van der Waals surface area contributed by atoms with Crippen LogP contribution in [-0.4, -0.2) is 11.2 Å². The van der Waals surface area contributed by atoms with E-state index in [1.807, 2.05) is 6.92 Å². The summed E-state index contributed by atoms with van der Waals surface area (Å²) >= 11 is 0. The number of rotatable bonds is 5. The maximum Gasteiger partial charge on any atom is 0.0537 e. The van der Waals surface area contributed by atoms with Crippen LogP contribution in [0.25, 0.3) is 0 Å². The Morgan fingerprint density at radius 3 is 2.10 bits per heavy atom. The second-order valence-corrected chi connectivity index (χ2v) is 3.15. The van der Waals surface area contributed by atoms with Crippen LogP contribution in [-0.2, 0) is 0 Å². The molecular weight excluding hydrogens is 124 g/mol. The molecule has 0 aliphatic rings. The van der Waals surface area contributed by atoms with Gasteiger partial charge in [-0.3, -0.25) is 0 Å². The van der Waals surface area contributed by atoms with Gasteiger partial charge in [0.05, 0.1) is 6.10 Å². The predicted octanol–water partition coefficient (Wildman–Crippen LogP) is 2.58.